The fourth-order valence-corrected chi connectivity index (χ4v) is 2.72. The average Bonchev–Trinajstić information content (AvgIpc) is 2.47. The van der Waals surface area contributed by atoms with Crippen LogP contribution in [0.25, 0.3) is 6.08 Å². The minimum absolute atomic E-state index is 0.258. The Morgan fingerprint density at radius 1 is 1.17 bits per heavy atom. The van der Waals surface area contributed by atoms with Crippen molar-refractivity contribution in [2.45, 2.75) is 40.0 Å². The Morgan fingerprint density at radius 2 is 1.87 bits per heavy atom. The van der Waals surface area contributed by atoms with Gasteiger partial charge >= 0.3 is 0 Å². The topological polar surface area (TPSA) is 29.5 Å². The van der Waals surface area contributed by atoms with Gasteiger partial charge < -0.3 is 9.84 Å². The zero-order chi connectivity index (χ0) is 17.4. The quantitative estimate of drug-likeness (QED) is 0.473. The molecule has 0 spiro atoms. The number of phenols is 1. The minimum atomic E-state index is 0.258. The van der Waals surface area contributed by atoms with Gasteiger partial charge in [-0.3, -0.25) is 0 Å². The van der Waals surface area contributed by atoms with Crippen LogP contribution >= 0.6 is 31.9 Å². The zero-order valence-corrected chi connectivity index (χ0v) is 17.3. The van der Waals surface area contributed by atoms with Gasteiger partial charge in [-0.2, -0.15) is 0 Å². The molecule has 1 N–H and O–H groups in total. The summed E-state index contributed by atoms with van der Waals surface area (Å²) in [6.45, 7) is 6.35. The molecule has 0 radical (unpaired) electrons. The van der Waals surface area contributed by atoms with E-state index in [1.807, 2.05) is 18.2 Å². The van der Waals surface area contributed by atoms with E-state index in [1.54, 1.807) is 7.11 Å². The standard InChI is InChI=1S/C19H24Br2O2/c1-13(2)6-5-7-14(3)8-10-16-17(23-4)11-9-15(19(16)22)12-18(20)21/h6,8-9,11-12,22H,5,7,10H2,1-4H3. The molecule has 1 rings (SSSR count). The molecule has 126 valence electrons. The Morgan fingerprint density at radius 3 is 2.43 bits per heavy atom. The van der Waals surface area contributed by atoms with Crippen LogP contribution in [0.15, 0.2) is 38.8 Å². The average molecular weight is 444 g/mol. The van der Waals surface area contributed by atoms with Crippen LogP contribution in [0.3, 0.4) is 0 Å². The number of benzene rings is 1. The summed E-state index contributed by atoms with van der Waals surface area (Å²) in [5.74, 6) is 0.966. The zero-order valence-electron chi connectivity index (χ0n) is 14.1. The lowest BCUT2D eigenvalue weighted by Crippen LogP contribution is -1.94. The Balaban J connectivity index is 2.97. The van der Waals surface area contributed by atoms with Gasteiger partial charge in [-0.1, -0.05) is 23.3 Å². The number of phenolic OH excluding ortho intramolecular Hbond substituents is 1. The molecule has 23 heavy (non-hydrogen) atoms. The van der Waals surface area contributed by atoms with Crippen molar-refractivity contribution in [3.8, 4) is 11.5 Å². The van der Waals surface area contributed by atoms with Gasteiger partial charge in [-0.15, -0.1) is 0 Å². The van der Waals surface area contributed by atoms with E-state index in [0.29, 0.717) is 12.2 Å². The molecule has 0 aromatic heterocycles. The van der Waals surface area contributed by atoms with Crippen molar-refractivity contribution in [3.05, 3.63) is 49.9 Å². The number of hydrogen-bond acceptors (Lipinski definition) is 2. The van der Waals surface area contributed by atoms with Gasteiger partial charge in [0.2, 0.25) is 0 Å². The SMILES string of the molecule is COc1ccc(C=C(Br)Br)c(O)c1CC=C(C)CCC=C(C)C. The first-order chi connectivity index (χ1) is 10.8. The molecule has 0 unspecified atom stereocenters. The molecule has 0 bridgehead atoms. The summed E-state index contributed by atoms with van der Waals surface area (Å²) in [6.07, 6.45) is 8.95. The fourth-order valence-electron chi connectivity index (χ4n) is 2.23. The van der Waals surface area contributed by atoms with Gasteiger partial charge in [0.25, 0.3) is 0 Å². The maximum absolute atomic E-state index is 10.5. The van der Waals surface area contributed by atoms with Gasteiger partial charge in [0, 0.05) is 11.1 Å². The number of hydrogen-bond donors (Lipinski definition) is 1. The summed E-state index contributed by atoms with van der Waals surface area (Å²) in [6, 6.07) is 3.72. The van der Waals surface area contributed by atoms with Crippen LogP contribution < -0.4 is 4.74 Å². The smallest absolute Gasteiger partial charge is 0.130 e. The van der Waals surface area contributed by atoms with Crippen LogP contribution in [-0.4, -0.2) is 12.2 Å². The first-order valence-corrected chi connectivity index (χ1v) is 9.14. The lowest BCUT2D eigenvalue weighted by atomic mass is 10.0. The molecular formula is C19H24Br2O2. The summed E-state index contributed by atoms with van der Waals surface area (Å²) in [5, 5.41) is 10.5. The van der Waals surface area contributed by atoms with Gasteiger partial charge in [0.05, 0.1) is 10.5 Å². The molecule has 1 aromatic rings. The summed E-state index contributed by atoms with van der Waals surface area (Å²) in [7, 11) is 1.62. The third kappa shape index (κ3) is 6.96. The highest BCUT2D eigenvalue weighted by Crippen LogP contribution is 2.34. The number of ether oxygens (including phenoxy) is 1. The number of allylic oxidation sites excluding steroid dienone is 4. The molecule has 0 heterocycles. The van der Waals surface area contributed by atoms with Crippen molar-refractivity contribution in [2.24, 2.45) is 0 Å². The molecule has 4 heteroatoms. The van der Waals surface area contributed by atoms with E-state index >= 15 is 0 Å². The third-order valence-electron chi connectivity index (χ3n) is 3.50. The lowest BCUT2D eigenvalue weighted by molar-refractivity contribution is 0.401. The van der Waals surface area contributed by atoms with E-state index in [9.17, 15) is 5.11 Å². The van der Waals surface area contributed by atoms with E-state index in [0.717, 1.165) is 27.4 Å². The third-order valence-corrected chi connectivity index (χ3v) is 3.96. The van der Waals surface area contributed by atoms with E-state index in [-0.39, 0.29) is 5.75 Å². The Bertz CT molecular complexity index is 621. The second-order valence-corrected chi connectivity index (χ2v) is 8.47. The largest absolute Gasteiger partial charge is 0.507 e. The van der Waals surface area contributed by atoms with Gasteiger partial charge in [-0.25, -0.2) is 0 Å². The number of rotatable bonds is 7. The second-order valence-electron chi connectivity index (χ2n) is 5.69. The maximum atomic E-state index is 10.5. The summed E-state index contributed by atoms with van der Waals surface area (Å²) in [4.78, 5) is 0. The van der Waals surface area contributed by atoms with Crippen molar-refractivity contribution in [1.82, 2.24) is 0 Å². The van der Waals surface area contributed by atoms with Crippen LogP contribution in [0.2, 0.25) is 0 Å². The molecule has 2 nitrogen and oxygen atoms in total. The predicted octanol–water partition coefficient (Wildman–Crippen LogP) is 6.72. The van der Waals surface area contributed by atoms with Crippen LogP contribution in [0.4, 0.5) is 0 Å². The van der Waals surface area contributed by atoms with Gasteiger partial charge in [0.15, 0.2) is 0 Å². The van der Waals surface area contributed by atoms with Gasteiger partial charge in [-0.05, 0) is 90.1 Å². The minimum Gasteiger partial charge on any atom is -0.507 e. The van der Waals surface area contributed by atoms with Crippen LogP contribution in [0.5, 0.6) is 11.5 Å². The highest BCUT2D eigenvalue weighted by atomic mass is 79.9. The molecule has 0 atom stereocenters. The number of methoxy groups -OCH3 is 1. The highest BCUT2D eigenvalue weighted by Gasteiger charge is 2.11. The summed E-state index contributed by atoms with van der Waals surface area (Å²) in [5.41, 5.74) is 4.22. The molecule has 0 amide bonds. The van der Waals surface area contributed by atoms with Crippen molar-refractivity contribution >= 4 is 37.9 Å². The van der Waals surface area contributed by atoms with Crippen molar-refractivity contribution < 1.29 is 9.84 Å². The second kappa shape index (κ2) is 9.99. The Kier molecular flexibility index (Phi) is 8.71. The Hall–Kier alpha value is -1.00. The van der Waals surface area contributed by atoms with E-state index in [1.165, 1.54) is 11.1 Å². The summed E-state index contributed by atoms with van der Waals surface area (Å²) >= 11 is 6.65. The van der Waals surface area contributed by atoms with Crippen LogP contribution in [0, 0.1) is 0 Å². The first-order valence-electron chi connectivity index (χ1n) is 7.55. The fraction of sp³-hybridized carbons (Fsp3) is 0.368. The van der Waals surface area contributed by atoms with Crippen molar-refractivity contribution in [1.29, 1.82) is 0 Å². The van der Waals surface area contributed by atoms with E-state index in [4.69, 9.17) is 4.74 Å². The van der Waals surface area contributed by atoms with Gasteiger partial charge in [0.1, 0.15) is 11.5 Å². The van der Waals surface area contributed by atoms with Crippen LogP contribution in [0.1, 0.15) is 44.7 Å². The molecule has 0 aliphatic heterocycles. The summed E-state index contributed by atoms with van der Waals surface area (Å²) < 4.78 is 6.17. The molecular weight excluding hydrogens is 420 g/mol. The number of aromatic hydroxyl groups is 1. The first kappa shape index (κ1) is 20.0. The Labute approximate surface area is 156 Å². The normalized spacial score (nSPS) is 11.1. The highest BCUT2D eigenvalue weighted by molar-refractivity contribution is 9.28. The van der Waals surface area contributed by atoms with E-state index < -0.39 is 0 Å². The van der Waals surface area contributed by atoms with Crippen molar-refractivity contribution in [3.63, 3.8) is 0 Å². The molecule has 0 fully saturated rings. The van der Waals surface area contributed by atoms with Crippen LogP contribution in [-0.2, 0) is 6.42 Å². The number of halogens is 2. The molecule has 0 aliphatic carbocycles. The maximum Gasteiger partial charge on any atom is 0.130 e. The molecule has 1 aromatic carbocycles. The molecule has 0 saturated heterocycles. The molecule has 0 aliphatic rings. The molecule has 0 saturated carbocycles. The monoisotopic (exact) mass is 442 g/mol. The van der Waals surface area contributed by atoms with E-state index in [2.05, 4.69) is 64.8 Å². The lowest BCUT2D eigenvalue weighted by Gasteiger charge is -2.12. The predicted molar refractivity (Wildman–Crippen MR) is 107 cm³/mol. The van der Waals surface area contributed by atoms with Crippen molar-refractivity contribution in [2.75, 3.05) is 7.11 Å².